The van der Waals surface area contributed by atoms with Crippen LogP contribution in [0.15, 0.2) is 181 Å². The fourth-order valence-electron chi connectivity index (χ4n) is 7.31. The minimum Gasteiger partial charge on any atom is -0.512 e. The largest absolute Gasteiger partial charge is 0.512 e. The van der Waals surface area contributed by atoms with E-state index in [4.69, 9.17) is 25.3 Å². The molecule has 9 aromatic rings. The van der Waals surface area contributed by atoms with Gasteiger partial charge in [0, 0.05) is 78.5 Å². The van der Waals surface area contributed by atoms with Crippen molar-refractivity contribution >= 4 is 50.1 Å². The second kappa shape index (κ2) is 34.8. The van der Waals surface area contributed by atoms with Gasteiger partial charge in [-0.3, -0.25) is 29.3 Å². The molecule has 9 rings (SSSR count). The number of ketones is 3. The standard InChI is InChI=1S/3C17H14N.3C5H8O2.3Ir/c1-12-6-5-8-15(13(12)2)17-11-10-14-7-3-4-9-16(14)18-17;1-12-7-9-15(13(2)11-12)17-10-8-14-5-3-4-6-16(14)18-17;1-12-7-8-15(11-13(12)2)17-10-9-14-5-3-4-6-16(14)18-17;3*1-4(6)3-5(2)7;;;/h3-7,9-11H,1-2H3;3-8,10-11H,1-2H3;3-7,9-11H,1-2H3;3*3,6H,1-2H3;;;/q3*-1;;;;;;. The number of carbonyl (C=O) groups excluding carboxylic acids is 3. The van der Waals surface area contributed by atoms with Gasteiger partial charge in [-0.15, -0.1) is 105 Å². The van der Waals surface area contributed by atoms with E-state index >= 15 is 0 Å². The zero-order valence-corrected chi connectivity index (χ0v) is 53.2. The monoisotopic (exact) mass is 1580 g/mol. The molecule has 0 bridgehead atoms. The van der Waals surface area contributed by atoms with Crippen LogP contribution in [-0.2, 0) is 74.7 Å². The van der Waals surface area contributed by atoms with Gasteiger partial charge in [-0.25, -0.2) is 0 Å². The molecule has 9 nitrogen and oxygen atoms in total. The molecule has 0 saturated heterocycles. The molecule has 3 aromatic heterocycles. The van der Waals surface area contributed by atoms with Gasteiger partial charge in [0.2, 0.25) is 0 Å². The Balaban J connectivity index is 0.000000489. The average Bonchev–Trinajstić information content (AvgIpc) is 3.35. The number of allylic oxidation sites excluding steroid dienone is 6. The number of hydrogen-bond acceptors (Lipinski definition) is 9. The number of aromatic nitrogens is 3. The van der Waals surface area contributed by atoms with Gasteiger partial charge >= 0.3 is 0 Å². The topological polar surface area (TPSA) is 151 Å². The molecule has 3 N–H and O–H groups in total. The molecule has 0 spiro atoms. The molecule has 0 aliphatic rings. The maximum atomic E-state index is 10.0. The van der Waals surface area contributed by atoms with Crippen LogP contribution in [-0.4, -0.2) is 47.6 Å². The van der Waals surface area contributed by atoms with Crippen molar-refractivity contribution in [3.63, 3.8) is 0 Å². The Morgan fingerprint density at radius 3 is 1.19 bits per heavy atom. The first kappa shape index (κ1) is 69.1. The zero-order valence-electron chi connectivity index (χ0n) is 46.0. The van der Waals surface area contributed by atoms with Gasteiger partial charge < -0.3 is 15.3 Å². The van der Waals surface area contributed by atoms with E-state index in [0.717, 1.165) is 50.3 Å². The molecule has 0 atom stereocenters. The maximum Gasteiger partial charge on any atom is 0.155 e. The minimum atomic E-state index is -0.125. The Morgan fingerprint density at radius 2 is 0.808 bits per heavy atom. The van der Waals surface area contributed by atoms with Crippen LogP contribution in [0.25, 0.3) is 66.5 Å². The summed E-state index contributed by atoms with van der Waals surface area (Å²) in [6, 6.07) is 59.4. The van der Waals surface area contributed by atoms with Crippen molar-refractivity contribution in [1.29, 1.82) is 0 Å². The predicted octanol–water partition coefficient (Wildman–Crippen LogP) is 16.1. The molecule has 0 aliphatic heterocycles. The third-order valence-corrected chi connectivity index (χ3v) is 11.1. The number of nitrogens with zero attached hydrogens (tertiary/aromatic N) is 3. The van der Waals surface area contributed by atoms with Crippen LogP contribution in [0.3, 0.4) is 0 Å². The Kier molecular flexibility index (Phi) is 30.9. The van der Waals surface area contributed by atoms with Crippen molar-refractivity contribution < 1.29 is 90.0 Å². The summed E-state index contributed by atoms with van der Waals surface area (Å²) in [5, 5.41) is 28.6. The number of aliphatic hydroxyl groups excluding tert-OH is 3. The fourth-order valence-corrected chi connectivity index (χ4v) is 7.31. The summed E-state index contributed by atoms with van der Waals surface area (Å²) in [4.78, 5) is 44.2. The van der Waals surface area contributed by atoms with E-state index < -0.39 is 0 Å². The number of rotatable bonds is 6. The number of benzene rings is 6. The summed E-state index contributed by atoms with van der Waals surface area (Å²) in [7, 11) is 0. The van der Waals surface area contributed by atoms with E-state index in [2.05, 4.69) is 138 Å². The number of fused-ring (bicyclic) bond motifs is 3. The number of aliphatic hydroxyl groups is 3. The van der Waals surface area contributed by atoms with Crippen molar-refractivity contribution in [3.8, 4) is 33.8 Å². The third-order valence-electron chi connectivity index (χ3n) is 11.1. The van der Waals surface area contributed by atoms with E-state index in [1.165, 1.54) is 109 Å². The van der Waals surface area contributed by atoms with E-state index in [0.29, 0.717) is 0 Å². The number of carbonyl (C=O) groups is 3. The summed E-state index contributed by atoms with van der Waals surface area (Å²) in [5.41, 5.74) is 16.8. The molecule has 3 radical (unpaired) electrons. The third kappa shape index (κ3) is 23.4. The Labute approximate surface area is 500 Å². The zero-order chi connectivity index (χ0) is 55.2. The molecular weight excluding hydrogens is 1510 g/mol. The van der Waals surface area contributed by atoms with E-state index in [9.17, 15) is 14.4 Å². The molecule has 78 heavy (non-hydrogen) atoms. The SMILES string of the molecule is CC(=O)C=C(C)O.CC(=O)C=C(C)O.CC(=O)C=C(C)O.Cc1c[c-]c(-c2ccc3ccccc3n2)c(C)c1.Cc1c[c-]c(-c2ccc3ccccc3n2)cc1C.Cc1cc[c-]c(-c2ccc3ccccc3n2)c1C.[Ir].[Ir].[Ir]. The molecule has 0 unspecified atom stereocenters. The van der Waals surface area contributed by atoms with Crippen LogP contribution in [0, 0.1) is 59.7 Å². The molecule has 6 aromatic carbocycles. The molecular formula is C66H66Ir3N3O6-3. The second-order valence-corrected chi connectivity index (χ2v) is 18.0. The van der Waals surface area contributed by atoms with Crippen molar-refractivity contribution in [2.75, 3.05) is 0 Å². The van der Waals surface area contributed by atoms with Crippen molar-refractivity contribution in [1.82, 2.24) is 15.0 Å². The van der Waals surface area contributed by atoms with Crippen LogP contribution in [0.4, 0.5) is 0 Å². The van der Waals surface area contributed by atoms with E-state index in [1.807, 2.05) is 72.8 Å². The van der Waals surface area contributed by atoms with Crippen LogP contribution in [0.2, 0.25) is 0 Å². The molecule has 0 fully saturated rings. The van der Waals surface area contributed by atoms with Gasteiger partial charge in [0.1, 0.15) is 0 Å². The first-order chi connectivity index (χ1) is 35.6. The molecule has 0 amide bonds. The van der Waals surface area contributed by atoms with Crippen molar-refractivity contribution in [2.45, 2.75) is 83.1 Å². The smallest absolute Gasteiger partial charge is 0.155 e. The Hall–Kier alpha value is -6.87. The molecule has 411 valence electrons. The number of hydrogen-bond donors (Lipinski definition) is 3. The summed E-state index contributed by atoms with van der Waals surface area (Å²) in [5.74, 6) is -0.187. The van der Waals surface area contributed by atoms with Crippen LogP contribution >= 0.6 is 0 Å². The van der Waals surface area contributed by atoms with E-state index in [1.54, 1.807) is 0 Å². The van der Waals surface area contributed by atoms with Crippen molar-refractivity contribution in [2.24, 2.45) is 0 Å². The van der Waals surface area contributed by atoms with Crippen molar-refractivity contribution in [3.05, 3.63) is 233 Å². The van der Waals surface area contributed by atoms with Gasteiger partial charge in [0.25, 0.3) is 0 Å². The second-order valence-electron chi connectivity index (χ2n) is 18.0. The van der Waals surface area contributed by atoms with Crippen LogP contribution in [0.1, 0.15) is 74.9 Å². The quantitative estimate of drug-likeness (QED) is 0.0840. The Morgan fingerprint density at radius 1 is 0.410 bits per heavy atom. The number of pyridine rings is 3. The van der Waals surface area contributed by atoms with Gasteiger partial charge in [-0.2, -0.15) is 0 Å². The van der Waals surface area contributed by atoms with Crippen LogP contribution < -0.4 is 0 Å². The van der Waals surface area contributed by atoms with Gasteiger partial charge in [-0.05, 0) is 93.0 Å². The minimum absolute atomic E-state index is 0. The molecule has 0 aliphatic carbocycles. The summed E-state index contributed by atoms with van der Waals surface area (Å²) in [6.07, 6.45) is 3.50. The molecule has 12 heteroatoms. The fraction of sp³-hybridized carbons (Fsp3) is 0.182. The number of para-hydroxylation sites is 3. The maximum absolute atomic E-state index is 10.0. The van der Waals surface area contributed by atoms with Crippen LogP contribution in [0.5, 0.6) is 0 Å². The normalized spacial score (nSPS) is 10.5. The summed E-state index contributed by atoms with van der Waals surface area (Å²) < 4.78 is 0. The number of aryl methyl sites for hydroxylation is 5. The predicted molar refractivity (Wildman–Crippen MR) is 308 cm³/mol. The molecule has 0 saturated carbocycles. The molecule has 3 heterocycles. The summed E-state index contributed by atoms with van der Waals surface area (Å²) >= 11 is 0. The Bertz CT molecular complexity index is 3450. The average molecular weight is 1570 g/mol. The van der Waals surface area contributed by atoms with Gasteiger partial charge in [0.05, 0.1) is 33.8 Å². The van der Waals surface area contributed by atoms with Gasteiger partial charge in [0.15, 0.2) is 17.3 Å². The first-order valence-electron chi connectivity index (χ1n) is 24.3. The van der Waals surface area contributed by atoms with Gasteiger partial charge in [-0.1, -0.05) is 133 Å². The first-order valence-corrected chi connectivity index (χ1v) is 24.3. The summed E-state index contributed by atoms with van der Waals surface area (Å²) in [6.45, 7) is 21.2. The van der Waals surface area contributed by atoms with E-state index in [-0.39, 0.29) is 94.9 Å².